The average Bonchev–Trinajstić information content (AvgIpc) is 2.94. The molecule has 2 heterocycles. The molecule has 2 aromatic heterocycles. The first-order valence-corrected chi connectivity index (χ1v) is 5.64. The minimum absolute atomic E-state index is 0.223. The molecule has 0 unspecified atom stereocenters. The first kappa shape index (κ1) is 11.7. The summed E-state index contributed by atoms with van der Waals surface area (Å²) >= 11 is 0. The van der Waals surface area contributed by atoms with Crippen LogP contribution in [0.5, 0.6) is 0 Å². The molecule has 98 valence electrons. The Morgan fingerprint density at radius 1 is 1.37 bits per heavy atom. The third kappa shape index (κ3) is 1.60. The zero-order valence-corrected chi connectivity index (χ0v) is 9.85. The molecule has 19 heavy (non-hydrogen) atoms. The molecule has 2 aromatic rings. The Bertz CT molecular complexity index is 717. The molecule has 0 radical (unpaired) electrons. The van der Waals surface area contributed by atoms with E-state index in [0.29, 0.717) is 28.1 Å². The fraction of sp³-hybridized carbons (Fsp3) is 0.167. The van der Waals surface area contributed by atoms with Gasteiger partial charge >= 0.3 is 0 Å². The van der Waals surface area contributed by atoms with Gasteiger partial charge in [0.15, 0.2) is 5.82 Å². The van der Waals surface area contributed by atoms with E-state index in [0.717, 1.165) is 0 Å². The maximum Gasteiger partial charge on any atom is 0.151 e. The Labute approximate surface area is 107 Å². The van der Waals surface area contributed by atoms with Crippen molar-refractivity contribution < 1.29 is 15.3 Å². The molecular weight excluding hydrogens is 248 g/mol. The second-order valence-corrected chi connectivity index (χ2v) is 4.23. The van der Waals surface area contributed by atoms with E-state index in [1.807, 2.05) is 0 Å². The van der Waals surface area contributed by atoms with E-state index < -0.39 is 6.10 Å². The quantitative estimate of drug-likeness (QED) is 0.605. The normalized spacial score (nSPS) is 19.3. The van der Waals surface area contributed by atoms with Gasteiger partial charge in [-0.3, -0.25) is 4.57 Å². The Morgan fingerprint density at radius 3 is 2.84 bits per heavy atom. The summed E-state index contributed by atoms with van der Waals surface area (Å²) in [5.41, 5.74) is 7.59. The smallest absolute Gasteiger partial charge is 0.151 e. The molecule has 1 atom stereocenters. The number of anilines is 1. The SMILES string of the molecule is Nc1nccc2c1ncn2C1=C(O)[C@H](O)C(CO)=C1. The van der Waals surface area contributed by atoms with Crippen molar-refractivity contribution in [1.82, 2.24) is 14.5 Å². The zero-order valence-electron chi connectivity index (χ0n) is 9.85. The summed E-state index contributed by atoms with van der Waals surface area (Å²) in [5, 5.41) is 28.8. The van der Waals surface area contributed by atoms with E-state index in [4.69, 9.17) is 10.8 Å². The highest BCUT2D eigenvalue weighted by Gasteiger charge is 2.27. The van der Waals surface area contributed by atoms with Crippen molar-refractivity contribution in [3.05, 3.63) is 36.0 Å². The molecule has 0 saturated carbocycles. The lowest BCUT2D eigenvalue weighted by atomic mass is 10.2. The van der Waals surface area contributed by atoms with E-state index in [2.05, 4.69) is 9.97 Å². The van der Waals surface area contributed by atoms with Gasteiger partial charge in [0.05, 0.1) is 17.8 Å². The van der Waals surface area contributed by atoms with Crippen molar-refractivity contribution >= 4 is 22.5 Å². The summed E-state index contributed by atoms with van der Waals surface area (Å²) in [6.07, 6.45) is 3.36. The lowest BCUT2D eigenvalue weighted by Crippen LogP contribution is -2.12. The fourth-order valence-corrected chi connectivity index (χ4v) is 2.13. The first-order chi connectivity index (χ1) is 9.13. The summed E-state index contributed by atoms with van der Waals surface area (Å²) in [6, 6.07) is 1.70. The molecule has 0 saturated heterocycles. The highest BCUT2D eigenvalue weighted by molar-refractivity contribution is 5.88. The molecule has 0 aliphatic heterocycles. The summed E-state index contributed by atoms with van der Waals surface area (Å²) in [5.74, 6) is 0.0694. The number of allylic oxidation sites excluding steroid dienone is 2. The summed E-state index contributed by atoms with van der Waals surface area (Å²) < 4.78 is 1.59. The van der Waals surface area contributed by atoms with Crippen molar-refractivity contribution in [2.45, 2.75) is 6.10 Å². The second kappa shape index (κ2) is 4.08. The molecule has 0 bridgehead atoms. The van der Waals surface area contributed by atoms with Gasteiger partial charge in [-0.2, -0.15) is 0 Å². The number of nitrogens with zero attached hydrogens (tertiary/aromatic N) is 3. The number of hydrogen-bond acceptors (Lipinski definition) is 6. The van der Waals surface area contributed by atoms with Crippen LogP contribution in [0.3, 0.4) is 0 Å². The predicted molar refractivity (Wildman–Crippen MR) is 69.0 cm³/mol. The highest BCUT2D eigenvalue weighted by atomic mass is 16.3. The Balaban J connectivity index is 2.21. The molecule has 0 fully saturated rings. The number of nitrogens with two attached hydrogens (primary N) is 1. The molecule has 0 aromatic carbocycles. The lowest BCUT2D eigenvalue weighted by molar-refractivity contribution is 0.171. The Morgan fingerprint density at radius 2 is 2.16 bits per heavy atom. The van der Waals surface area contributed by atoms with Gasteiger partial charge in [-0.15, -0.1) is 0 Å². The Hall–Kier alpha value is -2.38. The molecule has 1 aliphatic carbocycles. The summed E-state index contributed by atoms with van der Waals surface area (Å²) in [7, 11) is 0. The van der Waals surface area contributed by atoms with Gasteiger partial charge in [0.2, 0.25) is 0 Å². The highest BCUT2D eigenvalue weighted by Crippen LogP contribution is 2.30. The van der Waals surface area contributed by atoms with Crippen LogP contribution in [0.25, 0.3) is 16.7 Å². The van der Waals surface area contributed by atoms with E-state index in [1.165, 1.54) is 18.6 Å². The van der Waals surface area contributed by atoms with Crippen molar-refractivity contribution in [3.63, 3.8) is 0 Å². The van der Waals surface area contributed by atoms with E-state index in [-0.39, 0.29) is 12.4 Å². The van der Waals surface area contributed by atoms with Crippen LogP contribution in [-0.4, -0.2) is 42.6 Å². The molecule has 7 nitrogen and oxygen atoms in total. The van der Waals surface area contributed by atoms with Crippen LogP contribution in [0.15, 0.2) is 36.0 Å². The van der Waals surface area contributed by atoms with Crippen molar-refractivity contribution in [1.29, 1.82) is 0 Å². The van der Waals surface area contributed by atoms with Crippen molar-refractivity contribution in [3.8, 4) is 0 Å². The molecule has 0 spiro atoms. The van der Waals surface area contributed by atoms with Gasteiger partial charge < -0.3 is 21.1 Å². The standard InChI is InChI=1S/C12H12N4O3/c13-12-9-7(1-2-14-12)16(5-15-9)8-3-6(4-17)10(18)11(8)19/h1-3,5,10,17-19H,4H2,(H2,13,14)/t10-/m1/s1. The molecule has 7 heteroatoms. The molecule has 3 rings (SSSR count). The van der Waals surface area contributed by atoms with Crippen molar-refractivity contribution in [2.75, 3.05) is 12.3 Å². The van der Waals surface area contributed by atoms with E-state index in [9.17, 15) is 10.2 Å². The van der Waals surface area contributed by atoms with Gasteiger partial charge in [0, 0.05) is 6.20 Å². The number of pyridine rings is 1. The zero-order chi connectivity index (χ0) is 13.6. The largest absolute Gasteiger partial charge is 0.507 e. The third-order valence-corrected chi connectivity index (χ3v) is 3.13. The fourth-order valence-electron chi connectivity index (χ4n) is 2.13. The van der Waals surface area contributed by atoms with Gasteiger partial charge in [-0.05, 0) is 17.7 Å². The van der Waals surface area contributed by atoms with Crippen LogP contribution in [-0.2, 0) is 0 Å². The number of rotatable bonds is 2. The molecule has 1 aliphatic rings. The number of nitrogen functional groups attached to an aromatic ring is 1. The van der Waals surface area contributed by atoms with Gasteiger partial charge in [0.25, 0.3) is 0 Å². The Kier molecular flexibility index (Phi) is 2.51. The van der Waals surface area contributed by atoms with Crippen LogP contribution >= 0.6 is 0 Å². The number of imidazole rings is 1. The van der Waals surface area contributed by atoms with Gasteiger partial charge in [-0.25, -0.2) is 9.97 Å². The lowest BCUT2D eigenvalue weighted by Gasteiger charge is -2.07. The first-order valence-electron chi connectivity index (χ1n) is 5.64. The van der Waals surface area contributed by atoms with Crippen LogP contribution < -0.4 is 5.73 Å². The van der Waals surface area contributed by atoms with Gasteiger partial charge in [0.1, 0.15) is 23.7 Å². The van der Waals surface area contributed by atoms with Crippen LogP contribution in [0.1, 0.15) is 0 Å². The van der Waals surface area contributed by atoms with Gasteiger partial charge in [-0.1, -0.05) is 0 Å². The number of fused-ring (bicyclic) bond motifs is 1. The average molecular weight is 260 g/mol. The molecule has 0 amide bonds. The van der Waals surface area contributed by atoms with Crippen LogP contribution in [0, 0.1) is 0 Å². The summed E-state index contributed by atoms with van der Waals surface area (Å²) in [4.78, 5) is 8.06. The number of hydrogen-bond donors (Lipinski definition) is 4. The second-order valence-electron chi connectivity index (χ2n) is 4.23. The number of aromatic nitrogens is 3. The minimum Gasteiger partial charge on any atom is -0.507 e. The summed E-state index contributed by atoms with van der Waals surface area (Å²) in [6.45, 7) is -0.328. The maximum atomic E-state index is 9.93. The topological polar surface area (TPSA) is 117 Å². The van der Waals surface area contributed by atoms with Crippen LogP contribution in [0.4, 0.5) is 5.82 Å². The number of aliphatic hydroxyl groups excluding tert-OH is 3. The van der Waals surface area contributed by atoms with Crippen molar-refractivity contribution in [2.24, 2.45) is 0 Å². The molecule has 5 N–H and O–H groups in total. The third-order valence-electron chi connectivity index (χ3n) is 3.13. The molecular formula is C12H12N4O3. The van der Waals surface area contributed by atoms with E-state index in [1.54, 1.807) is 10.6 Å². The number of aliphatic hydroxyl groups is 3. The monoisotopic (exact) mass is 260 g/mol. The minimum atomic E-state index is -1.18. The van der Waals surface area contributed by atoms with E-state index >= 15 is 0 Å². The maximum absolute atomic E-state index is 9.93. The predicted octanol–water partition coefficient (Wildman–Crippen LogP) is 0.0333. The van der Waals surface area contributed by atoms with Crippen LogP contribution in [0.2, 0.25) is 0 Å².